The highest BCUT2D eigenvalue weighted by Crippen LogP contribution is 2.10. The summed E-state index contributed by atoms with van der Waals surface area (Å²) in [7, 11) is 4.10. The Kier molecular flexibility index (Phi) is 11.9. The minimum Gasteiger partial charge on any atom is -0.379 e. The average molecular weight is 571 g/mol. The molecule has 3 rings (SSSR count). The van der Waals surface area contributed by atoms with E-state index < -0.39 is 0 Å². The van der Waals surface area contributed by atoms with Gasteiger partial charge in [-0.15, -0.1) is 34.2 Å². The number of nitrogens with one attached hydrogen (secondary N) is 2. The van der Waals surface area contributed by atoms with Crippen LogP contribution in [0.1, 0.15) is 25.0 Å². The van der Waals surface area contributed by atoms with Crippen molar-refractivity contribution in [2.24, 2.45) is 12.0 Å². The van der Waals surface area contributed by atoms with Gasteiger partial charge in [0.25, 0.3) is 0 Å². The first kappa shape index (κ1) is 27.3. The third-order valence-electron chi connectivity index (χ3n) is 5.95. The van der Waals surface area contributed by atoms with Crippen molar-refractivity contribution >= 4 is 35.6 Å². The van der Waals surface area contributed by atoms with Gasteiger partial charge in [0.05, 0.1) is 13.2 Å². The molecule has 1 atom stereocenters. The zero-order chi connectivity index (χ0) is 22.8. The molecular formula is C23H39IN8O. The molecule has 2 heterocycles. The normalized spacial score (nSPS) is 15.6. The summed E-state index contributed by atoms with van der Waals surface area (Å²) in [5.74, 6) is 2.56. The number of anilines is 1. The van der Waals surface area contributed by atoms with Gasteiger partial charge >= 0.3 is 0 Å². The third kappa shape index (κ3) is 8.74. The van der Waals surface area contributed by atoms with E-state index in [-0.39, 0.29) is 24.0 Å². The maximum absolute atomic E-state index is 5.48. The molecule has 1 aromatic heterocycles. The number of hydrogen-bond donors (Lipinski definition) is 2. The van der Waals surface area contributed by atoms with Crippen LogP contribution < -0.4 is 15.5 Å². The van der Waals surface area contributed by atoms with Crippen LogP contribution in [0, 0.1) is 6.92 Å². The quantitative estimate of drug-likeness (QED) is 0.196. The van der Waals surface area contributed by atoms with E-state index in [2.05, 4.69) is 68.9 Å². The predicted octanol–water partition coefficient (Wildman–Crippen LogP) is 2.02. The van der Waals surface area contributed by atoms with Gasteiger partial charge in [0.1, 0.15) is 12.4 Å². The van der Waals surface area contributed by atoms with Crippen LogP contribution in [-0.2, 0) is 18.3 Å². The van der Waals surface area contributed by atoms with E-state index in [4.69, 9.17) is 9.73 Å². The number of aliphatic imine (C=N–C) groups is 1. The maximum Gasteiger partial charge on any atom is 0.191 e. The predicted molar refractivity (Wildman–Crippen MR) is 144 cm³/mol. The van der Waals surface area contributed by atoms with Crippen LogP contribution in [0.4, 0.5) is 5.69 Å². The summed E-state index contributed by atoms with van der Waals surface area (Å²) in [5, 5.41) is 15.4. The Morgan fingerprint density at radius 1 is 1.18 bits per heavy atom. The van der Waals surface area contributed by atoms with E-state index in [9.17, 15) is 0 Å². The topological polar surface area (TPSA) is 82.8 Å². The molecule has 0 amide bonds. The lowest BCUT2D eigenvalue weighted by molar-refractivity contribution is 0.0211. The van der Waals surface area contributed by atoms with E-state index in [1.54, 1.807) is 0 Å². The second kappa shape index (κ2) is 14.4. The minimum atomic E-state index is 0. The zero-order valence-electron chi connectivity index (χ0n) is 20.3. The molecule has 2 N–H and O–H groups in total. The molecule has 184 valence electrons. The number of morpholine rings is 1. The number of ether oxygens (including phenoxy) is 1. The van der Waals surface area contributed by atoms with Crippen molar-refractivity contribution in [3.8, 4) is 0 Å². The fourth-order valence-electron chi connectivity index (χ4n) is 3.64. The number of guanidine groups is 1. The molecule has 1 fully saturated rings. The molecule has 0 spiro atoms. The number of nitrogens with zero attached hydrogens (tertiary/aromatic N) is 6. The molecule has 0 radical (unpaired) electrons. The lowest BCUT2D eigenvalue weighted by Crippen LogP contribution is -2.49. The van der Waals surface area contributed by atoms with Crippen LogP contribution in [0.3, 0.4) is 0 Å². The van der Waals surface area contributed by atoms with Gasteiger partial charge in [-0.05, 0) is 32.4 Å². The number of aromatic nitrogens is 3. The van der Waals surface area contributed by atoms with Crippen LogP contribution in [0.15, 0.2) is 35.3 Å². The lowest BCUT2D eigenvalue weighted by Gasteiger charge is -2.32. The van der Waals surface area contributed by atoms with Crippen LogP contribution >= 0.6 is 24.0 Å². The summed E-state index contributed by atoms with van der Waals surface area (Å²) < 4.78 is 7.45. The Bertz CT molecular complexity index is 838. The Morgan fingerprint density at radius 3 is 2.58 bits per heavy atom. The summed E-state index contributed by atoms with van der Waals surface area (Å²) in [6, 6.07) is 10.9. The molecule has 9 nitrogen and oxygen atoms in total. The van der Waals surface area contributed by atoms with E-state index in [0.717, 1.165) is 70.0 Å². The van der Waals surface area contributed by atoms with E-state index >= 15 is 0 Å². The molecule has 0 saturated carbocycles. The van der Waals surface area contributed by atoms with E-state index in [1.165, 1.54) is 5.69 Å². The molecule has 1 saturated heterocycles. The molecule has 1 unspecified atom stereocenters. The zero-order valence-corrected chi connectivity index (χ0v) is 22.7. The highest BCUT2D eigenvalue weighted by atomic mass is 127. The van der Waals surface area contributed by atoms with E-state index in [0.29, 0.717) is 12.6 Å². The summed E-state index contributed by atoms with van der Waals surface area (Å²) >= 11 is 0. The Labute approximate surface area is 215 Å². The lowest BCUT2D eigenvalue weighted by atomic mass is 10.2. The number of para-hydroxylation sites is 1. The van der Waals surface area contributed by atoms with Crippen molar-refractivity contribution in [2.75, 3.05) is 57.9 Å². The SMILES string of the molecule is Cc1nnc(CN=C(NCCCN(C)c2ccccc2)NCC(C)N2CCOCC2)n1C.I. The fourth-order valence-corrected chi connectivity index (χ4v) is 3.64. The molecular weight excluding hydrogens is 531 g/mol. The van der Waals surface area contributed by atoms with Crippen LogP contribution in [0.25, 0.3) is 0 Å². The first-order valence-electron chi connectivity index (χ1n) is 11.5. The standard InChI is InChI=1S/C23H38N8O.HI/c1-19(31-13-15-32-16-14-31)17-25-23(26-18-22-28-27-20(2)30(22)4)24-11-8-12-29(3)21-9-6-5-7-10-21;/h5-7,9-10,19H,8,11-18H2,1-4H3,(H2,24,25,26);1H. The van der Waals surface area contributed by atoms with Crippen molar-refractivity contribution in [3.05, 3.63) is 42.0 Å². The number of aryl methyl sites for hydroxylation is 1. The van der Waals surface area contributed by atoms with E-state index in [1.807, 2.05) is 24.6 Å². The van der Waals surface area contributed by atoms with Gasteiger partial charge in [-0.25, -0.2) is 4.99 Å². The Hall–Kier alpha value is -1.92. The van der Waals surface area contributed by atoms with Gasteiger partial charge in [-0.3, -0.25) is 4.90 Å². The van der Waals surface area contributed by atoms with Crippen molar-refractivity contribution in [1.82, 2.24) is 30.3 Å². The van der Waals surface area contributed by atoms with Gasteiger partial charge < -0.3 is 24.8 Å². The van der Waals surface area contributed by atoms with Gasteiger partial charge in [0.2, 0.25) is 0 Å². The van der Waals surface area contributed by atoms with Crippen LogP contribution in [0.2, 0.25) is 0 Å². The van der Waals surface area contributed by atoms with Crippen LogP contribution in [-0.4, -0.2) is 84.7 Å². The van der Waals surface area contributed by atoms with Gasteiger partial charge in [0.15, 0.2) is 11.8 Å². The van der Waals surface area contributed by atoms with Gasteiger partial charge in [0, 0.05) is 58.5 Å². The molecule has 1 aliphatic heterocycles. The average Bonchev–Trinajstić information content (AvgIpc) is 3.16. The maximum atomic E-state index is 5.48. The van der Waals surface area contributed by atoms with Crippen molar-refractivity contribution in [1.29, 1.82) is 0 Å². The molecule has 10 heteroatoms. The Morgan fingerprint density at radius 2 is 1.91 bits per heavy atom. The summed E-state index contributed by atoms with van der Waals surface area (Å²) in [6.07, 6.45) is 1.01. The number of benzene rings is 1. The molecule has 2 aromatic rings. The highest BCUT2D eigenvalue weighted by molar-refractivity contribution is 14.0. The smallest absolute Gasteiger partial charge is 0.191 e. The first-order valence-corrected chi connectivity index (χ1v) is 11.5. The van der Waals surface area contributed by atoms with Crippen LogP contribution in [0.5, 0.6) is 0 Å². The summed E-state index contributed by atoms with van der Waals surface area (Å²) in [5.41, 5.74) is 1.23. The second-order valence-electron chi connectivity index (χ2n) is 8.30. The van der Waals surface area contributed by atoms with Gasteiger partial charge in [-0.1, -0.05) is 18.2 Å². The first-order chi connectivity index (χ1) is 15.5. The Balaban J connectivity index is 0.00000385. The number of rotatable bonds is 10. The second-order valence-corrected chi connectivity index (χ2v) is 8.30. The van der Waals surface area contributed by atoms with Crippen molar-refractivity contribution in [3.63, 3.8) is 0 Å². The molecule has 0 bridgehead atoms. The summed E-state index contributed by atoms with van der Waals surface area (Å²) in [4.78, 5) is 9.50. The molecule has 33 heavy (non-hydrogen) atoms. The number of hydrogen-bond acceptors (Lipinski definition) is 6. The van der Waals surface area contributed by atoms with Gasteiger partial charge in [-0.2, -0.15) is 0 Å². The monoisotopic (exact) mass is 570 g/mol. The fraction of sp³-hybridized carbons (Fsp3) is 0.609. The molecule has 1 aromatic carbocycles. The molecule has 1 aliphatic rings. The van der Waals surface area contributed by atoms with Crippen molar-refractivity contribution < 1.29 is 4.74 Å². The van der Waals surface area contributed by atoms with Crippen molar-refractivity contribution in [2.45, 2.75) is 32.9 Å². The molecule has 0 aliphatic carbocycles. The number of halogens is 1. The largest absolute Gasteiger partial charge is 0.379 e. The third-order valence-corrected chi connectivity index (χ3v) is 5.95. The highest BCUT2D eigenvalue weighted by Gasteiger charge is 2.17. The minimum absolute atomic E-state index is 0. The summed E-state index contributed by atoms with van der Waals surface area (Å²) in [6.45, 7) is 10.9.